The smallest absolute Gasteiger partial charge is 0.265 e. The van der Waals surface area contributed by atoms with Crippen molar-refractivity contribution >= 4 is 46.4 Å². The molecule has 0 fully saturated rings. The Kier molecular flexibility index (Phi) is 6.75. The first kappa shape index (κ1) is 20.7. The quantitative estimate of drug-likeness (QED) is 0.532. The molecule has 0 aliphatic rings. The summed E-state index contributed by atoms with van der Waals surface area (Å²) in [6.07, 6.45) is -0.737. The molecule has 3 aromatic carbocycles. The third kappa shape index (κ3) is 5.73. The minimum Gasteiger partial charge on any atom is -0.479 e. The molecule has 2 N–H and O–H groups in total. The highest BCUT2D eigenvalue weighted by molar-refractivity contribution is 6.32. The van der Waals surface area contributed by atoms with Crippen LogP contribution in [0.3, 0.4) is 0 Å². The third-order valence-corrected chi connectivity index (χ3v) is 4.59. The average Bonchev–Trinajstić information content (AvgIpc) is 2.71. The molecule has 3 aromatic rings. The van der Waals surface area contributed by atoms with Gasteiger partial charge in [-0.2, -0.15) is 0 Å². The molecule has 0 heterocycles. The highest BCUT2D eigenvalue weighted by atomic mass is 35.5. The van der Waals surface area contributed by atoms with E-state index in [0.717, 1.165) is 0 Å². The lowest BCUT2D eigenvalue weighted by Crippen LogP contribution is -2.30. The standard InChI is InChI=1S/C22H18Cl2N2O3/c1-14(29-20-5-3-2-4-19(20)24)21(27)25-17-10-12-18(13-11-17)26-22(28)15-6-8-16(23)9-7-15/h2-14H,1H3,(H,25,27)(H,26,28). The summed E-state index contributed by atoms with van der Waals surface area (Å²) in [5.41, 5.74) is 1.68. The zero-order chi connectivity index (χ0) is 20.8. The molecule has 148 valence electrons. The fourth-order valence-corrected chi connectivity index (χ4v) is 2.78. The second-order valence-corrected chi connectivity index (χ2v) is 7.06. The van der Waals surface area contributed by atoms with Crippen LogP contribution in [0.15, 0.2) is 72.8 Å². The lowest BCUT2D eigenvalue weighted by atomic mass is 10.2. The van der Waals surface area contributed by atoms with Gasteiger partial charge in [-0.1, -0.05) is 35.3 Å². The van der Waals surface area contributed by atoms with Crippen LogP contribution in [0.1, 0.15) is 17.3 Å². The van der Waals surface area contributed by atoms with Gasteiger partial charge in [0.05, 0.1) is 5.02 Å². The van der Waals surface area contributed by atoms with E-state index in [1.54, 1.807) is 79.7 Å². The maximum atomic E-state index is 12.3. The number of hydrogen-bond donors (Lipinski definition) is 2. The van der Waals surface area contributed by atoms with Crippen LogP contribution in [0.4, 0.5) is 11.4 Å². The minimum atomic E-state index is -0.737. The molecule has 2 amide bonds. The van der Waals surface area contributed by atoms with Gasteiger partial charge in [0.15, 0.2) is 6.10 Å². The Balaban J connectivity index is 1.57. The molecule has 3 rings (SSSR count). The van der Waals surface area contributed by atoms with Crippen molar-refractivity contribution in [3.63, 3.8) is 0 Å². The molecule has 5 nitrogen and oxygen atoms in total. The summed E-state index contributed by atoms with van der Waals surface area (Å²) < 4.78 is 5.60. The molecule has 0 aromatic heterocycles. The number of rotatable bonds is 6. The van der Waals surface area contributed by atoms with Crippen LogP contribution in [0.25, 0.3) is 0 Å². The third-order valence-electron chi connectivity index (χ3n) is 4.03. The molecule has 0 aliphatic heterocycles. The SMILES string of the molecule is CC(Oc1ccccc1Cl)C(=O)Nc1ccc(NC(=O)c2ccc(Cl)cc2)cc1. The summed E-state index contributed by atoms with van der Waals surface area (Å²) in [6.45, 7) is 1.64. The number of hydrogen-bond acceptors (Lipinski definition) is 3. The zero-order valence-corrected chi connectivity index (χ0v) is 17.0. The Morgan fingerprint density at radius 3 is 2.03 bits per heavy atom. The van der Waals surface area contributed by atoms with E-state index in [0.29, 0.717) is 32.7 Å². The molecule has 0 saturated carbocycles. The number of nitrogens with one attached hydrogen (secondary N) is 2. The van der Waals surface area contributed by atoms with Crippen molar-refractivity contribution in [1.29, 1.82) is 0 Å². The van der Waals surface area contributed by atoms with Crippen molar-refractivity contribution < 1.29 is 14.3 Å². The van der Waals surface area contributed by atoms with Crippen LogP contribution in [0.2, 0.25) is 10.0 Å². The summed E-state index contributed by atoms with van der Waals surface area (Å²) in [6, 6.07) is 20.3. The van der Waals surface area contributed by atoms with Crippen molar-refractivity contribution in [3.8, 4) is 5.75 Å². The molecule has 7 heteroatoms. The van der Waals surface area contributed by atoms with Crippen molar-refractivity contribution in [2.45, 2.75) is 13.0 Å². The van der Waals surface area contributed by atoms with Gasteiger partial charge in [0, 0.05) is 22.0 Å². The molecule has 0 saturated heterocycles. The predicted octanol–water partition coefficient (Wildman–Crippen LogP) is 5.65. The van der Waals surface area contributed by atoms with Crippen LogP contribution in [-0.2, 0) is 4.79 Å². The first-order valence-electron chi connectivity index (χ1n) is 8.81. The molecular formula is C22H18Cl2N2O3. The Hall–Kier alpha value is -3.02. The Bertz CT molecular complexity index is 1010. The van der Waals surface area contributed by atoms with Gasteiger partial charge in [-0.05, 0) is 67.6 Å². The van der Waals surface area contributed by atoms with Gasteiger partial charge in [-0.15, -0.1) is 0 Å². The lowest BCUT2D eigenvalue weighted by Gasteiger charge is -2.15. The number of anilines is 2. The predicted molar refractivity (Wildman–Crippen MR) is 116 cm³/mol. The highest BCUT2D eigenvalue weighted by Gasteiger charge is 2.16. The topological polar surface area (TPSA) is 67.4 Å². The van der Waals surface area contributed by atoms with Gasteiger partial charge >= 0.3 is 0 Å². The molecule has 29 heavy (non-hydrogen) atoms. The van der Waals surface area contributed by atoms with Crippen molar-refractivity contribution in [2.75, 3.05) is 10.6 Å². The normalized spacial score (nSPS) is 11.4. The Morgan fingerprint density at radius 2 is 1.41 bits per heavy atom. The van der Waals surface area contributed by atoms with Crippen LogP contribution < -0.4 is 15.4 Å². The van der Waals surface area contributed by atoms with E-state index >= 15 is 0 Å². The fraction of sp³-hybridized carbons (Fsp3) is 0.0909. The summed E-state index contributed by atoms with van der Waals surface area (Å²) in [5.74, 6) is -0.125. The summed E-state index contributed by atoms with van der Waals surface area (Å²) >= 11 is 11.9. The highest BCUT2D eigenvalue weighted by Crippen LogP contribution is 2.24. The summed E-state index contributed by atoms with van der Waals surface area (Å²) in [4.78, 5) is 24.6. The van der Waals surface area contributed by atoms with Gasteiger partial charge in [-0.25, -0.2) is 0 Å². The monoisotopic (exact) mass is 428 g/mol. The Morgan fingerprint density at radius 1 is 0.828 bits per heavy atom. The number of benzene rings is 3. The average molecular weight is 429 g/mol. The number of halogens is 2. The zero-order valence-electron chi connectivity index (χ0n) is 15.5. The van der Waals surface area contributed by atoms with Gasteiger partial charge in [-0.3, -0.25) is 9.59 Å². The largest absolute Gasteiger partial charge is 0.479 e. The van der Waals surface area contributed by atoms with Crippen molar-refractivity contribution in [2.24, 2.45) is 0 Å². The van der Waals surface area contributed by atoms with E-state index < -0.39 is 6.10 Å². The molecule has 0 bridgehead atoms. The maximum absolute atomic E-state index is 12.3. The molecule has 0 spiro atoms. The number of carbonyl (C=O) groups excluding carboxylic acids is 2. The van der Waals surface area contributed by atoms with Crippen LogP contribution in [0.5, 0.6) is 5.75 Å². The molecule has 1 atom stereocenters. The second kappa shape index (κ2) is 9.45. The Labute approximate surface area is 178 Å². The number of carbonyl (C=O) groups is 2. The van der Waals surface area contributed by atoms with E-state index in [2.05, 4.69) is 10.6 Å². The van der Waals surface area contributed by atoms with Gasteiger partial charge in [0.1, 0.15) is 5.75 Å². The first-order chi connectivity index (χ1) is 13.9. The van der Waals surface area contributed by atoms with Crippen LogP contribution >= 0.6 is 23.2 Å². The van der Waals surface area contributed by atoms with Crippen LogP contribution in [-0.4, -0.2) is 17.9 Å². The fourth-order valence-electron chi connectivity index (χ4n) is 2.47. The van der Waals surface area contributed by atoms with Gasteiger partial charge < -0.3 is 15.4 Å². The van der Waals surface area contributed by atoms with Gasteiger partial charge in [0.2, 0.25) is 0 Å². The summed E-state index contributed by atoms with van der Waals surface area (Å²) in [7, 11) is 0. The van der Waals surface area contributed by atoms with E-state index in [-0.39, 0.29) is 11.8 Å². The second-order valence-electron chi connectivity index (χ2n) is 6.22. The number of amides is 2. The minimum absolute atomic E-state index is 0.250. The maximum Gasteiger partial charge on any atom is 0.265 e. The number of ether oxygens (including phenoxy) is 1. The van der Waals surface area contributed by atoms with E-state index in [1.165, 1.54) is 0 Å². The van der Waals surface area contributed by atoms with Gasteiger partial charge in [0.25, 0.3) is 11.8 Å². The molecule has 0 radical (unpaired) electrons. The van der Waals surface area contributed by atoms with Crippen LogP contribution in [0, 0.1) is 0 Å². The van der Waals surface area contributed by atoms with E-state index in [4.69, 9.17) is 27.9 Å². The summed E-state index contributed by atoms with van der Waals surface area (Å²) in [5, 5.41) is 6.55. The lowest BCUT2D eigenvalue weighted by molar-refractivity contribution is -0.122. The molecule has 0 aliphatic carbocycles. The number of para-hydroxylation sites is 1. The van der Waals surface area contributed by atoms with Crippen molar-refractivity contribution in [1.82, 2.24) is 0 Å². The molecule has 1 unspecified atom stereocenters. The van der Waals surface area contributed by atoms with Crippen molar-refractivity contribution in [3.05, 3.63) is 88.4 Å². The van der Waals surface area contributed by atoms with E-state index in [9.17, 15) is 9.59 Å². The van der Waals surface area contributed by atoms with E-state index in [1.807, 2.05) is 0 Å². The molecular weight excluding hydrogens is 411 g/mol. The first-order valence-corrected chi connectivity index (χ1v) is 9.57.